The van der Waals surface area contributed by atoms with Crippen LogP contribution in [0.1, 0.15) is 104 Å². The van der Waals surface area contributed by atoms with E-state index in [1.54, 1.807) is 5.56 Å². The number of hydrogen-bond acceptors (Lipinski definition) is 2. The summed E-state index contributed by atoms with van der Waals surface area (Å²) in [6.07, 6.45) is 10.1. The Balaban J connectivity index is 1.62. The van der Waals surface area contributed by atoms with Crippen LogP contribution in [0.2, 0.25) is 0 Å². The second-order valence-electron chi connectivity index (χ2n) is 8.28. The second-order valence-corrected chi connectivity index (χ2v) is 8.28. The van der Waals surface area contributed by atoms with Crippen LogP contribution in [0.25, 0.3) is 0 Å². The molecule has 0 bridgehead atoms. The van der Waals surface area contributed by atoms with E-state index in [2.05, 4.69) is 57.2 Å². The monoisotopic (exact) mass is 320 g/mol. The van der Waals surface area contributed by atoms with Crippen molar-refractivity contribution in [1.82, 2.24) is 9.97 Å². The first-order chi connectivity index (χ1) is 11.6. The van der Waals surface area contributed by atoms with Gasteiger partial charge in [0.25, 0.3) is 0 Å². The van der Waals surface area contributed by atoms with Crippen molar-refractivity contribution in [3.05, 3.63) is 58.7 Å². The van der Waals surface area contributed by atoms with Crippen molar-refractivity contribution in [3.63, 3.8) is 0 Å². The Hall–Kier alpha value is -1.70. The average Bonchev–Trinajstić information content (AvgIpc) is 3.48. The first-order valence-corrected chi connectivity index (χ1v) is 9.49. The summed E-state index contributed by atoms with van der Waals surface area (Å²) in [4.78, 5) is 9.25. The van der Waals surface area contributed by atoms with Gasteiger partial charge in [-0.25, -0.2) is 0 Å². The first-order valence-electron chi connectivity index (χ1n) is 9.49. The van der Waals surface area contributed by atoms with E-state index in [1.165, 1.54) is 41.6 Å². The summed E-state index contributed by atoms with van der Waals surface area (Å²) in [7, 11) is 0. The SMILES string of the molecule is CC(C)c1cnc(C2CC2c2cnccc2C(C)C)cc1C1CC1. The minimum atomic E-state index is 0.558. The predicted octanol–water partition coefficient (Wildman–Crippen LogP) is 5.87. The highest BCUT2D eigenvalue weighted by atomic mass is 14.7. The summed E-state index contributed by atoms with van der Waals surface area (Å²) >= 11 is 0. The number of aromatic nitrogens is 2. The van der Waals surface area contributed by atoms with Gasteiger partial charge in [0.05, 0.1) is 0 Å². The van der Waals surface area contributed by atoms with Crippen molar-refractivity contribution in [1.29, 1.82) is 0 Å². The molecule has 2 unspecified atom stereocenters. The molecule has 4 rings (SSSR count). The highest BCUT2D eigenvalue weighted by Crippen LogP contribution is 2.56. The highest BCUT2D eigenvalue weighted by molar-refractivity contribution is 5.42. The smallest absolute Gasteiger partial charge is 0.0443 e. The summed E-state index contributed by atoms with van der Waals surface area (Å²) in [5.41, 5.74) is 7.25. The summed E-state index contributed by atoms with van der Waals surface area (Å²) in [5.74, 6) is 3.13. The molecule has 2 aliphatic carbocycles. The molecule has 0 spiro atoms. The standard InChI is InChI=1S/C22H28N2/c1-13(2)16-7-8-23-11-21(16)18-9-19(18)22-10-17(15-5-6-15)20(12-24-22)14(3)4/h7-8,10-15,18-19H,5-6,9H2,1-4H3. The van der Waals surface area contributed by atoms with Gasteiger partial charge in [0.2, 0.25) is 0 Å². The zero-order chi connectivity index (χ0) is 16.8. The van der Waals surface area contributed by atoms with Crippen molar-refractivity contribution in [2.45, 2.75) is 76.5 Å². The van der Waals surface area contributed by atoms with Crippen LogP contribution in [-0.4, -0.2) is 9.97 Å². The van der Waals surface area contributed by atoms with E-state index >= 15 is 0 Å². The van der Waals surface area contributed by atoms with E-state index in [0.717, 1.165) is 5.92 Å². The average molecular weight is 320 g/mol. The molecule has 0 aromatic carbocycles. The van der Waals surface area contributed by atoms with Gasteiger partial charge in [0, 0.05) is 30.2 Å². The van der Waals surface area contributed by atoms with E-state index in [-0.39, 0.29) is 0 Å². The molecule has 2 aromatic heterocycles. The summed E-state index contributed by atoms with van der Waals surface area (Å²) in [5, 5.41) is 0. The normalized spacial score (nSPS) is 23.1. The molecule has 2 aromatic rings. The van der Waals surface area contributed by atoms with Gasteiger partial charge in [0.1, 0.15) is 0 Å². The van der Waals surface area contributed by atoms with Gasteiger partial charge in [-0.2, -0.15) is 0 Å². The van der Waals surface area contributed by atoms with Crippen LogP contribution in [0.5, 0.6) is 0 Å². The Morgan fingerprint density at radius 1 is 0.917 bits per heavy atom. The van der Waals surface area contributed by atoms with E-state index in [0.29, 0.717) is 23.7 Å². The molecule has 2 nitrogen and oxygen atoms in total. The van der Waals surface area contributed by atoms with E-state index < -0.39 is 0 Å². The van der Waals surface area contributed by atoms with Crippen LogP contribution in [0.4, 0.5) is 0 Å². The number of nitrogens with zero attached hydrogens (tertiary/aromatic N) is 2. The molecular weight excluding hydrogens is 292 g/mol. The molecule has 0 amide bonds. The van der Waals surface area contributed by atoms with E-state index in [1.807, 2.05) is 6.20 Å². The third-order valence-corrected chi connectivity index (χ3v) is 5.71. The molecular formula is C22H28N2. The molecule has 2 atom stereocenters. The van der Waals surface area contributed by atoms with Gasteiger partial charge < -0.3 is 0 Å². The Morgan fingerprint density at radius 2 is 1.67 bits per heavy atom. The first kappa shape index (κ1) is 15.8. The lowest BCUT2D eigenvalue weighted by atomic mass is 9.93. The Kier molecular flexibility index (Phi) is 3.94. The van der Waals surface area contributed by atoms with Gasteiger partial charge in [-0.15, -0.1) is 0 Å². The fourth-order valence-corrected chi connectivity index (χ4v) is 4.05. The summed E-state index contributed by atoms with van der Waals surface area (Å²) in [6, 6.07) is 4.63. The molecule has 2 heteroatoms. The van der Waals surface area contributed by atoms with Crippen molar-refractivity contribution < 1.29 is 0 Å². The molecule has 0 aliphatic heterocycles. The molecule has 2 aliphatic rings. The maximum absolute atomic E-state index is 4.86. The third-order valence-electron chi connectivity index (χ3n) is 5.71. The van der Waals surface area contributed by atoms with Gasteiger partial charge >= 0.3 is 0 Å². The molecule has 0 radical (unpaired) electrons. The van der Waals surface area contributed by atoms with Crippen LogP contribution >= 0.6 is 0 Å². The molecule has 0 N–H and O–H groups in total. The highest BCUT2D eigenvalue weighted by Gasteiger charge is 2.42. The quantitative estimate of drug-likeness (QED) is 0.688. The van der Waals surface area contributed by atoms with Crippen molar-refractivity contribution in [3.8, 4) is 0 Å². The lowest BCUT2D eigenvalue weighted by Gasteiger charge is -2.14. The van der Waals surface area contributed by atoms with Crippen molar-refractivity contribution in [2.24, 2.45) is 0 Å². The van der Waals surface area contributed by atoms with Crippen molar-refractivity contribution in [2.75, 3.05) is 0 Å². The van der Waals surface area contributed by atoms with Crippen molar-refractivity contribution >= 4 is 0 Å². The maximum Gasteiger partial charge on any atom is 0.0443 e. The maximum atomic E-state index is 4.86. The second kappa shape index (κ2) is 5.98. The lowest BCUT2D eigenvalue weighted by Crippen LogP contribution is -2.01. The van der Waals surface area contributed by atoms with Gasteiger partial charge in [-0.3, -0.25) is 9.97 Å². The summed E-state index contributed by atoms with van der Waals surface area (Å²) in [6.45, 7) is 9.12. The van der Waals surface area contributed by atoms with Crippen LogP contribution < -0.4 is 0 Å². The lowest BCUT2D eigenvalue weighted by molar-refractivity contribution is 0.813. The minimum absolute atomic E-state index is 0.558. The number of pyridine rings is 2. The molecule has 24 heavy (non-hydrogen) atoms. The minimum Gasteiger partial charge on any atom is -0.264 e. The predicted molar refractivity (Wildman–Crippen MR) is 98.7 cm³/mol. The van der Waals surface area contributed by atoms with Gasteiger partial charge in [-0.05, 0) is 77.3 Å². The number of hydrogen-bond donors (Lipinski definition) is 0. The summed E-state index contributed by atoms with van der Waals surface area (Å²) < 4.78 is 0. The fraction of sp³-hybridized carbons (Fsp3) is 0.545. The number of rotatable bonds is 5. The Labute approximate surface area is 145 Å². The molecule has 2 saturated carbocycles. The molecule has 2 fully saturated rings. The molecule has 2 heterocycles. The Morgan fingerprint density at radius 3 is 2.33 bits per heavy atom. The Bertz CT molecular complexity index is 743. The van der Waals surface area contributed by atoms with Gasteiger partial charge in [0.15, 0.2) is 0 Å². The molecule has 126 valence electrons. The van der Waals surface area contributed by atoms with E-state index in [9.17, 15) is 0 Å². The zero-order valence-corrected chi connectivity index (χ0v) is 15.3. The van der Waals surface area contributed by atoms with Gasteiger partial charge in [-0.1, -0.05) is 27.7 Å². The van der Waals surface area contributed by atoms with Crippen LogP contribution in [0.15, 0.2) is 30.7 Å². The fourth-order valence-electron chi connectivity index (χ4n) is 4.05. The topological polar surface area (TPSA) is 25.8 Å². The van der Waals surface area contributed by atoms with Crippen LogP contribution in [-0.2, 0) is 0 Å². The molecule has 0 saturated heterocycles. The zero-order valence-electron chi connectivity index (χ0n) is 15.3. The largest absolute Gasteiger partial charge is 0.264 e. The third kappa shape index (κ3) is 2.87. The van der Waals surface area contributed by atoms with Crippen LogP contribution in [0, 0.1) is 0 Å². The van der Waals surface area contributed by atoms with Crippen LogP contribution in [0.3, 0.4) is 0 Å². The van der Waals surface area contributed by atoms with E-state index in [4.69, 9.17) is 4.98 Å².